The summed E-state index contributed by atoms with van der Waals surface area (Å²) < 4.78 is 1.30. The molecular weight excluding hydrogens is 242 g/mol. The zero-order valence-electron chi connectivity index (χ0n) is 9.34. The first kappa shape index (κ1) is 11.8. The van der Waals surface area contributed by atoms with Gasteiger partial charge in [0.05, 0.1) is 16.0 Å². The molecule has 1 aromatic heterocycles. The second-order valence-electron chi connectivity index (χ2n) is 3.62. The molecule has 1 aromatic carbocycles. The van der Waals surface area contributed by atoms with E-state index < -0.39 is 27.8 Å². The summed E-state index contributed by atoms with van der Waals surface area (Å²) in [6.07, 6.45) is 0. The molecule has 2 rings (SSSR count). The number of imidazole rings is 1. The summed E-state index contributed by atoms with van der Waals surface area (Å²) in [5.74, 6) is -1.41. The standard InChI is InChI=1S/C10H9N3O5/c1-2-12-8-4-7(13(17)18)5(9(14)15)3-6(8)11-10(12)16/h3-4H,2H2,1H3,(H,11,16)(H,14,15). The molecule has 94 valence electrons. The number of carbonyl (C=O) groups is 1. The Morgan fingerprint density at radius 1 is 1.56 bits per heavy atom. The second kappa shape index (κ2) is 3.99. The second-order valence-corrected chi connectivity index (χ2v) is 3.62. The van der Waals surface area contributed by atoms with Crippen molar-refractivity contribution in [3.63, 3.8) is 0 Å². The average Bonchev–Trinajstić information content (AvgIpc) is 2.61. The maximum absolute atomic E-state index is 11.5. The van der Waals surface area contributed by atoms with E-state index in [1.165, 1.54) is 4.57 Å². The molecule has 18 heavy (non-hydrogen) atoms. The lowest BCUT2D eigenvalue weighted by atomic mass is 10.1. The molecule has 0 aliphatic carbocycles. The first-order valence-corrected chi connectivity index (χ1v) is 5.10. The quantitative estimate of drug-likeness (QED) is 0.622. The van der Waals surface area contributed by atoms with Crippen molar-refractivity contribution in [3.05, 3.63) is 38.3 Å². The summed E-state index contributed by atoms with van der Waals surface area (Å²) in [5, 5.41) is 19.7. The molecule has 1 heterocycles. The van der Waals surface area contributed by atoms with Crippen molar-refractivity contribution in [1.82, 2.24) is 9.55 Å². The molecule has 0 radical (unpaired) electrons. The van der Waals surface area contributed by atoms with Crippen LogP contribution in [0.25, 0.3) is 11.0 Å². The Kier molecular flexibility index (Phi) is 2.62. The van der Waals surface area contributed by atoms with Crippen LogP contribution in [0.2, 0.25) is 0 Å². The number of nitro groups is 1. The lowest BCUT2D eigenvalue weighted by Gasteiger charge is -2.00. The third-order valence-corrected chi connectivity index (χ3v) is 2.63. The Morgan fingerprint density at radius 3 is 2.72 bits per heavy atom. The van der Waals surface area contributed by atoms with Crippen LogP contribution in [0.15, 0.2) is 16.9 Å². The highest BCUT2D eigenvalue weighted by atomic mass is 16.6. The van der Waals surface area contributed by atoms with Crippen LogP contribution in [0.3, 0.4) is 0 Å². The largest absolute Gasteiger partial charge is 0.477 e. The van der Waals surface area contributed by atoms with Gasteiger partial charge in [-0.3, -0.25) is 14.7 Å². The molecule has 2 aromatic rings. The Labute approximate surface area is 99.6 Å². The zero-order chi connectivity index (χ0) is 13.4. The maximum Gasteiger partial charge on any atom is 0.342 e. The minimum atomic E-state index is -1.41. The molecule has 0 aliphatic heterocycles. The van der Waals surface area contributed by atoms with Crippen LogP contribution in [0, 0.1) is 10.1 Å². The molecule has 0 spiro atoms. The molecule has 0 bridgehead atoms. The number of nitrogens with one attached hydrogen (secondary N) is 1. The molecule has 0 saturated carbocycles. The van der Waals surface area contributed by atoms with E-state index in [9.17, 15) is 19.7 Å². The van der Waals surface area contributed by atoms with E-state index in [2.05, 4.69) is 4.98 Å². The maximum atomic E-state index is 11.5. The average molecular weight is 251 g/mol. The van der Waals surface area contributed by atoms with E-state index in [4.69, 9.17) is 5.11 Å². The number of nitro benzene ring substituents is 1. The lowest BCUT2D eigenvalue weighted by Crippen LogP contribution is -2.15. The van der Waals surface area contributed by atoms with E-state index in [0.717, 1.165) is 12.1 Å². The van der Waals surface area contributed by atoms with Gasteiger partial charge in [0, 0.05) is 12.6 Å². The normalized spacial score (nSPS) is 10.7. The van der Waals surface area contributed by atoms with Gasteiger partial charge in [-0.15, -0.1) is 0 Å². The first-order chi connectivity index (χ1) is 8.45. The molecule has 8 heteroatoms. The minimum Gasteiger partial charge on any atom is -0.477 e. The number of fused-ring (bicyclic) bond motifs is 1. The Morgan fingerprint density at radius 2 is 2.22 bits per heavy atom. The summed E-state index contributed by atoms with van der Waals surface area (Å²) >= 11 is 0. The lowest BCUT2D eigenvalue weighted by molar-refractivity contribution is -0.385. The summed E-state index contributed by atoms with van der Waals surface area (Å²) in [5.41, 5.74) is -0.818. The number of benzene rings is 1. The number of aryl methyl sites for hydroxylation is 1. The fourth-order valence-electron chi connectivity index (χ4n) is 1.83. The van der Waals surface area contributed by atoms with Crippen molar-refractivity contribution in [3.8, 4) is 0 Å². The van der Waals surface area contributed by atoms with Gasteiger partial charge < -0.3 is 10.1 Å². The number of aromatic carboxylic acids is 1. The summed E-state index contributed by atoms with van der Waals surface area (Å²) in [6, 6.07) is 2.20. The van der Waals surface area contributed by atoms with Gasteiger partial charge in [-0.1, -0.05) is 0 Å². The molecule has 0 fully saturated rings. The van der Waals surface area contributed by atoms with E-state index in [0.29, 0.717) is 12.1 Å². The molecule has 8 nitrogen and oxygen atoms in total. The Hall–Kier alpha value is -2.64. The highest BCUT2D eigenvalue weighted by molar-refractivity contribution is 5.97. The van der Waals surface area contributed by atoms with Gasteiger partial charge in [-0.05, 0) is 13.0 Å². The number of hydrogen-bond acceptors (Lipinski definition) is 4. The van der Waals surface area contributed by atoms with Crippen molar-refractivity contribution < 1.29 is 14.8 Å². The predicted molar refractivity (Wildman–Crippen MR) is 61.8 cm³/mol. The minimum absolute atomic E-state index is 0.268. The Bertz CT molecular complexity index is 712. The number of hydrogen-bond donors (Lipinski definition) is 2. The predicted octanol–water partition coefficient (Wildman–Crippen LogP) is 0.956. The third-order valence-electron chi connectivity index (χ3n) is 2.63. The van der Waals surface area contributed by atoms with Crippen molar-refractivity contribution in [2.75, 3.05) is 0 Å². The highest BCUT2D eigenvalue weighted by Gasteiger charge is 2.22. The zero-order valence-corrected chi connectivity index (χ0v) is 9.34. The first-order valence-electron chi connectivity index (χ1n) is 5.10. The van der Waals surface area contributed by atoms with Crippen molar-refractivity contribution >= 4 is 22.7 Å². The smallest absolute Gasteiger partial charge is 0.342 e. The van der Waals surface area contributed by atoms with Gasteiger partial charge in [-0.2, -0.15) is 0 Å². The van der Waals surface area contributed by atoms with Crippen LogP contribution < -0.4 is 5.69 Å². The number of aromatic amines is 1. The van der Waals surface area contributed by atoms with Crippen LogP contribution in [0.1, 0.15) is 17.3 Å². The van der Waals surface area contributed by atoms with Crippen LogP contribution in [0.5, 0.6) is 0 Å². The number of rotatable bonds is 3. The summed E-state index contributed by atoms with van der Waals surface area (Å²) in [4.78, 5) is 35.0. The molecule has 0 amide bonds. The number of carboxylic acids is 1. The Balaban J connectivity index is 2.89. The molecular formula is C10H9N3O5. The van der Waals surface area contributed by atoms with Crippen LogP contribution in [0.4, 0.5) is 5.69 Å². The number of carboxylic acid groups (broad SMARTS) is 1. The van der Waals surface area contributed by atoms with Crippen molar-refractivity contribution in [2.24, 2.45) is 0 Å². The number of H-pyrrole nitrogens is 1. The SMILES string of the molecule is CCn1c(=O)[nH]c2cc(C(=O)O)c([N+](=O)[O-])cc21. The summed E-state index contributed by atoms with van der Waals surface area (Å²) in [7, 11) is 0. The van der Waals surface area contributed by atoms with E-state index in [-0.39, 0.29) is 5.52 Å². The van der Waals surface area contributed by atoms with Gasteiger partial charge in [0.2, 0.25) is 0 Å². The fourth-order valence-corrected chi connectivity index (χ4v) is 1.83. The molecule has 0 atom stereocenters. The molecule has 2 N–H and O–H groups in total. The number of nitrogens with zero attached hydrogens (tertiary/aromatic N) is 2. The van der Waals surface area contributed by atoms with Crippen LogP contribution >= 0.6 is 0 Å². The van der Waals surface area contributed by atoms with Gasteiger partial charge in [-0.25, -0.2) is 9.59 Å². The van der Waals surface area contributed by atoms with E-state index in [1.54, 1.807) is 6.92 Å². The topological polar surface area (TPSA) is 118 Å². The van der Waals surface area contributed by atoms with Gasteiger partial charge >= 0.3 is 11.7 Å². The van der Waals surface area contributed by atoms with Crippen LogP contribution in [-0.4, -0.2) is 25.6 Å². The van der Waals surface area contributed by atoms with Crippen molar-refractivity contribution in [2.45, 2.75) is 13.5 Å². The molecule has 0 saturated heterocycles. The summed E-state index contributed by atoms with van der Waals surface area (Å²) in [6.45, 7) is 2.05. The fraction of sp³-hybridized carbons (Fsp3) is 0.200. The molecule has 0 unspecified atom stereocenters. The van der Waals surface area contributed by atoms with E-state index >= 15 is 0 Å². The molecule has 0 aliphatic rings. The monoisotopic (exact) mass is 251 g/mol. The van der Waals surface area contributed by atoms with Crippen LogP contribution in [-0.2, 0) is 6.54 Å². The highest BCUT2D eigenvalue weighted by Crippen LogP contribution is 2.24. The van der Waals surface area contributed by atoms with E-state index in [1.807, 2.05) is 0 Å². The van der Waals surface area contributed by atoms with Gasteiger partial charge in [0.25, 0.3) is 5.69 Å². The van der Waals surface area contributed by atoms with Gasteiger partial charge in [0.15, 0.2) is 0 Å². The number of aromatic nitrogens is 2. The van der Waals surface area contributed by atoms with Gasteiger partial charge in [0.1, 0.15) is 5.56 Å². The third kappa shape index (κ3) is 1.63. The van der Waals surface area contributed by atoms with Crippen molar-refractivity contribution in [1.29, 1.82) is 0 Å².